The zero-order chi connectivity index (χ0) is 33.1. The summed E-state index contributed by atoms with van der Waals surface area (Å²) >= 11 is 0. The van der Waals surface area contributed by atoms with Gasteiger partial charge in [0.05, 0.1) is 19.4 Å². The number of ether oxygens (including phenoxy) is 1. The minimum absolute atomic E-state index is 0.0433. The predicted molar refractivity (Wildman–Crippen MR) is 173 cm³/mol. The molecule has 0 saturated carbocycles. The molecule has 3 aromatic carbocycles. The molecule has 0 radical (unpaired) electrons. The van der Waals surface area contributed by atoms with Crippen LogP contribution in [0, 0.1) is 0 Å². The van der Waals surface area contributed by atoms with Crippen molar-refractivity contribution in [1.29, 1.82) is 0 Å². The zero-order valence-electron chi connectivity index (χ0n) is 25.3. The number of hydrogen-bond acceptors (Lipinski definition) is 12. The molecule has 5 aromatic rings. The maximum Gasteiger partial charge on any atom is 0.330 e. The summed E-state index contributed by atoms with van der Waals surface area (Å²) in [4.78, 5) is 31.1. The minimum atomic E-state index is -3.18. The van der Waals surface area contributed by atoms with E-state index in [-0.39, 0.29) is 18.1 Å². The number of nitrogens with two attached hydrogens (primary N) is 1. The van der Waals surface area contributed by atoms with Crippen molar-refractivity contribution in [3.05, 3.63) is 84.7 Å². The molecule has 6 rings (SSSR count). The Morgan fingerprint density at radius 3 is 2.66 bits per heavy atom. The number of nitrogen functional groups attached to an aromatic ring is 1. The first-order chi connectivity index (χ1) is 22.6. The largest absolute Gasteiger partial charge is 0.481 e. The molecule has 246 valence electrons. The summed E-state index contributed by atoms with van der Waals surface area (Å²) in [6.45, 7) is 1.17. The van der Waals surface area contributed by atoms with E-state index in [9.17, 15) is 24.7 Å². The minimum Gasteiger partial charge on any atom is -0.481 e. The molecular formula is C31H34N7O8P. The van der Waals surface area contributed by atoms with E-state index in [2.05, 4.69) is 20.3 Å². The number of hydroxylamine groups is 1. The average Bonchev–Trinajstić information content (AvgIpc) is 3.57. The van der Waals surface area contributed by atoms with Crippen LogP contribution in [0.4, 0.5) is 11.8 Å². The number of hydrogen-bond donors (Lipinski definition) is 5. The van der Waals surface area contributed by atoms with Crippen LogP contribution in [-0.2, 0) is 25.5 Å². The molecule has 1 aliphatic heterocycles. The van der Waals surface area contributed by atoms with E-state index >= 15 is 0 Å². The summed E-state index contributed by atoms with van der Waals surface area (Å²) in [5, 5.41) is 36.6. The first-order valence-electron chi connectivity index (χ1n) is 14.8. The average molecular weight is 664 g/mol. The van der Waals surface area contributed by atoms with Gasteiger partial charge < -0.3 is 35.6 Å². The molecule has 1 fully saturated rings. The highest BCUT2D eigenvalue weighted by molar-refractivity contribution is 7.36. The lowest BCUT2D eigenvalue weighted by Gasteiger charge is -2.27. The molecule has 1 unspecified atom stereocenters. The summed E-state index contributed by atoms with van der Waals surface area (Å²) in [5.41, 5.74) is 5.79. The molecule has 0 amide bonds. The maximum atomic E-state index is 13.4. The molecule has 5 atom stereocenters. The Balaban J connectivity index is 1.19. The van der Waals surface area contributed by atoms with Gasteiger partial charge in [-0.3, -0.25) is 18.8 Å². The molecule has 0 aliphatic carbocycles. The van der Waals surface area contributed by atoms with Gasteiger partial charge in [-0.15, -0.1) is 4.83 Å². The molecule has 1 aliphatic rings. The van der Waals surface area contributed by atoms with E-state index in [1.54, 1.807) is 12.1 Å². The standard InChI is InChI=1S/C31H34N7O8P/c1-31(42)26(41)23(17-44-38(15-14-24(39)40)47(43)46-22-13-7-11-20-10-5-6-12-21(20)22)45-29(31)37-18-34-25-27(35-30(32)36-28(25)37)33-16-19-8-3-2-4-9-19/h2-13,18,23,26,29,41-42,47H,14-17H2,1H3,(H,39,40)(H3,32,33,35,36)/t23-,26-,29-,31-/m1/s1. The third-order valence-corrected chi connectivity index (χ3v) is 8.98. The van der Waals surface area contributed by atoms with Crippen molar-refractivity contribution >= 4 is 47.9 Å². The molecule has 15 nitrogen and oxygen atoms in total. The molecule has 3 heterocycles. The lowest BCUT2D eigenvalue weighted by Crippen LogP contribution is -2.44. The quantitative estimate of drug-likeness (QED) is 0.0905. The number of anilines is 2. The van der Waals surface area contributed by atoms with E-state index in [4.69, 9.17) is 19.8 Å². The lowest BCUT2D eigenvalue weighted by molar-refractivity contribution is -0.152. The van der Waals surface area contributed by atoms with Crippen LogP contribution in [0.1, 0.15) is 25.1 Å². The van der Waals surface area contributed by atoms with Crippen LogP contribution < -0.4 is 15.6 Å². The second-order valence-electron chi connectivity index (χ2n) is 11.2. The molecule has 47 heavy (non-hydrogen) atoms. The van der Waals surface area contributed by atoms with Crippen LogP contribution in [0.25, 0.3) is 21.9 Å². The molecule has 2 aromatic heterocycles. The SMILES string of the molecule is C[C@@]1(O)[C@H](O)[C@@H](CON(CCC(=O)O)[PH](=O)Oc2cccc3ccccc23)O[C@H]1n1cnc2c(NCc3ccccc3)nc(N)nc21. The number of aliphatic carboxylic acids is 1. The summed E-state index contributed by atoms with van der Waals surface area (Å²) in [5.74, 6) is -0.469. The Morgan fingerprint density at radius 2 is 1.87 bits per heavy atom. The van der Waals surface area contributed by atoms with Crippen LogP contribution in [0.3, 0.4) is 0 Å². The van der Waals surface area contributed by atoms with E-state index in [0.717, 1.165) is 21.2 Å². The predicted octanol–water partition coefficient (Wildman–Crippen LogP) is 3.36. The molecule has 6 N–H and O–H groups in total. The van der Waals surface area contributed by atoms with E-state index in [0.29, 0.717) is 23.6 Å². The number of nitrogens with one attached hydrogen (secondary N) is 1. The number of nitrogens with zero attached hydrogens (tertiary/aromatic N) is 5. The topological polar surface area (TPSA) is 207 Å². The number of benzene rings is 3. The number of carbonyl (C=O) groups is 1. The number of aromatic nitrogens is 4. The smallest absolute Gasteiger partial charge is 0.330 e. The van der Waals surface area contributed by atoms with Crippen molar-refractivity contribution in [3.63, 3.8) is 0 Å². The normalized spacial score (nSPS) is 21.7. The highest BCUT2D eigenvalue weighted by atomic mass is 31.1. The molecule has 0 spiro atoms. The second kappa shape index (κ2) is 13.6. The Bertz CT molecular complexity index is 1900. The zero-order valence-corrected chi connectivity index (χ0v) is 26.3. The van der Waals surface area contributed by atoms with Crippen molar-refractivity contribution in [2.45, 2.75) is 43.9 Å². The van der Waals surface area contributed by atoms with Crippen LogP contribution >= 0.6 is 8.18 Å². The highest BCUT2D eigenvalue weighted by Crippen LogP contribution is 2.41. The van der Waals surface area contributed by atoms with Gasteiger partial charge in [0.2, 0.25) is 5.95 Å². The third kappa shape index (κ3) is 6.90. The van der Waals surface area contributed by atoms with Crippen LogP contribution in [0.5, 0.6) is 5.75 Å². The first-order valence-corrected chi connectivity index (χ1v) is 16.0. The van der Waals surface area contributed by atoms with Crippen molar-refractivity contribution in [1.82, 2.24) is 24.4 Å². The highest BCUT2D eigenvalue weighted by Gasteiger charge is 2.54. The fourth-order valence-electron chi connectivity index (χ4n) is 5.39. The molecule has 16 heteroatoms. The van der Waals surface area contributed by atoms with Crippen LogP contribution in [-0.4, -0.2) is 76.6 Å². The summed E-state index contributed by atoms with van der Waals surface area (Å²) in [6.07, 6.45) is -2.81. The van der Waals surface area contributed by atoms with Gasteiger partial charge in [0.15, 0.2) is 23.2 Å². The van der Waals surface area contributed by atoms with Gasteiger partial charge in [-0.1, -0.05) is 66.7 Å². The Morgan fingerprint density at radius 1 is 1.13 bits per heavy atom. The number of carboxylic acids is 1. The molecule has 1 saturated heterocycles. The lowest BCUT2D eigenvalue weighted by atomic mass is 9.96. The number of aliphatic hydroxyl groups excluding tert-OH is 1. The number of fused-ring (bicyclic) bond motifs is 2. The van der Waals surface area contributed by atoms with Crippen molar-refractivity contribution in [3.8, 4) is 5.75 Å². The van der Waals surface area contributed by atoms with E-state index < -0.39 is 51.2 Å². The van der Waals surface area contributed by atoms with Gasteiger partial charge >= 0.3 is 14.1 Å². The van der Waals surface area contributed by atoms with Gasteiger partial charge in [-0.2, -0.15) is 9.97 Å². The van der Waals surface area contributed by atoms with E-state index in [1.165, 1.54) is 17.8 Å². The summed E-state index contributed by atoms with van der Waals surface area (Å²) in [7, 11) is -3.18. The Hall–Kier alpha value is -4.63. The van der Waals surface area contributed by atoms with Crippen LogP contribution in [0.15, 0.2) is 79.1 Å². The fraction of sp³-hybridized carbons (Fsp3) is 0.290. The third-order valence-electron chi connectivity index (χ3n) is 7.82. The molecular weight excluding hydrogens is 629 g/mol. The Labute approximate surface area is 269 Å². The van der Waals surface area contributed by atoms with Crippen molar-refractivity contribution < 1.29 is 38.8 Å². The maximum absolute atomic E-state index is 13.4. The number of carboxylic acid groups (broad SMARTS) is 1. The number of imidazole rings is 1. The van der Waals surface area contributed by atoms with Gasteiger partial charge in [0, 0.05) is 18.5 Å². The van der Waals surface area contributed by atoms with Gasteiger partial charge in [0.25, 0.3) is 0 Å². The summed E-state index contributed by atoms with van der Waals surface area (Å²) < 4.78 is 26.6. The van der Waals surface area contributed by atoms with Gasteiger partial charge in [-0.05, 0) is 23.9 Å². The van der Waals surface area contributed by atoms with Crippen molar-refractivity contribution in [2.24, 2.45) is 0 Å². The van der Waals surface area contributed by atoms with E-state index in [1.807, 2.05) is 60.7 Å². The molecule has 0 bridgehead atoms. The number of aliphatic hydroxyl groups is 2. The van der Waals surface area contributed by atoms with Gasteiger partial charge in [0.1, 0.15) is 23.6 Å². The van der Waals surface area contributed by atoms with Crippen LogP contribution in [0.2, 0.25) is 0 Å². The summed E-state index contributed by atoms with van der Waals surface area (Å²) in [6, 6.07) is 22.3. The Kier molecular flexibility index (Phi) is 9.36. The van der Waals surface area contributed by atoms with Gasteiger partial charge in [-0.25, -0.2) is 4.98 Å². The fourth-order valence-corrected chi connectivity index (χ4v) is 6.33. The number of rotatable bonds is 13. The van der Waals surface area contributed by atoms with Crippen molar-refractivity contribution in [2.75, 3.05) is 24.2 Å². The monoisotopic (exact) mass is 663 g/mol. The second-order valence-corrected chi connectivity index (χ2v) is 12.4. The first kappa shape index (κ1) is 32.3.